The Hall–Kier alpha value is -2.47. The number of sulfonamides is 1. The maximum atomic E-state index is 13.2. The van der Waals surface area contributed by atoms with Gasteiger partial charge in [0.2, 0.25) is 10.0 Å². The molecule has 0 aliphatic carbocycles. The highest BCUT2D eigenvalue weighted by Crippen LogP contribution is 2.34. The lowest BCUT2D eigenvalue weighted by atomic mass is 9.93. The van der Waals surface area contributed by atoms with Crippen LogP contribution in [0.5, 0.6) is 0 Å². The zero-order chi connectivity index (χ0) is 20.1. The van der Waals surface area contributed by atoms with E-state index in [-0.39, 0.29) is 10.9 Å². The molecular weight excluding hydrogens is 368 g/mol. The molecule has 28 heavy (non-hydrogen) atoms. The molecule has 146 valence electrons. The topological polar surface area (TPSA) is 49.4 Å². The normalized spacial score (nSPS) is 14.0. The highest BCUT2D eigenvalue weighted by Gasteiger charge is 2.31. The SMILES string of the molecule is Cc1ccc(S(=O)(=O)N[C@@H](c2ccccc2)[C@H](c2ccccc2)N(C)C)cc1. The lowest BCUT2D eigenvalue weighted by Gasteiger charge is -2.33. The number of likely N-dealkylation sites (N-methyl/N-ethyl adjacent to an activating group) is 1. The predicted octanol–water partition coefficient (Wildman–Crippen LogP) is 4.32. The molecule has 5 heteroatoms. The van der Waals surface area contributed by atoms with Gasteiger partial charge in [-0.05, 0) is 44.3 Å². The minimum atomic E-state index is -3.69. The fourth-order valence-electron chi connectivity index (χ4n) is 3.37. The first kappa shape index (κ1) is 20.3. The Morgan fingerprint density at radius 3 is 1.75 bits per heavy atom. The number of nitrogens with one attached hydrogen (secondary N) is 1. The molecule has 0 bridgehead atoms. The summed E-state index contributed by atoms with van der Waals surface area (Å²) in [6.07, 6.45) is 0. The number of aryl methyl sites for hydroxylation is 1. The lowest BCUT2D eigenvalue weighted by Crippen LogP contribution is -2.38. The second-order valence-corrected chi connectivity index (χ2v) is 8.86. The quantitative estimate of drug-likeness (QED) is 0.649. The molecule has 0 aliphatic heterocycles. The van der Waals surface area contributed by atoms with E-state index in [1.165, 1.54) is 0 Å². The smallest absolute Gasteiger partial charge is 0.241 e. The number of nitrogens with zero attached hydrogens (tertiary/aromatic N) is 1. The third-order valence-corrected chi connectivity index (χ3v) is 6.24. The van der Waals surface area contributed by atoms with Crippen molar-refractivity contribution in [1.82, 2.24) is 9.62 Å². The van der Waals surface area contributed by atoms with Gasteiger partial charge in [-0.15, -0.1) is 0 Å². The van der Waals surface area contributed by atoms with Gasteiger partial charge in [0.1, 0.15) is 0 Å². The van der Waals surface area contributed by atoms with Gasteiger partial charge in [0.05, 0.1) is 17.0 Å². The van der Waals surface area contributed by atoms with E-state index in [1.54, 1.807) is 12.1 Å². The van der Waals surface area contributed by atoms with E-state index < -0.39 is 16.1 Å². The summed E-state index contributed by atoms with van der Waals surface area (Å²) in [5.41, 5.74) is 2.99. The molecule has 0 amide bonds. The molecule has 1 N–H and O–H groups in total. The molecule has 0 radical (unpaired) electrons. The summed E-state index contributed by atoms with van der Waals surface area (Å²) in [4.78, 5) is 2.31. The molecule has 0 saturated heterocycles. The van der Waals surface area contributed by atoms with E-state index in [1.807, 2.05) is 98.7 Å². The summed E-state index contributed by atoms with van der Waals surface area (Å²) in [6, 6.07) is 26.0. The fourth-order valence-corrected chi connectivity index (χ4v) is 4.60. The molecular formula is C23H26N2O2S. The molecule has 4 nitrogen and oxygen atoms in total. The maximum Gasteiger partial charge on any atom is 0.241 e. The van der Waals surface area contributed by atoms with E-state index in [9.17, 15) is 8.42 Å². The van der Waals surface area contributed by atoms with Crippen LogP contribution in [0.3, 0.4) is 0 Å². The molecule has 0 fully saturated rings. The van der Waals surface area contributed by atoms with Crippen molar-refractivity contribution < 1.29 is 8.42 Å². The minimum Gasteiger partial charge on any atom is -0.301 e. The van der Waals surface area contributed by atoms with Crippen molar-refractivity contribution in [3.8, 4) is 0 Å². The Morgan fingerprint density at radius 1 is 0.750 bits per heavy atom. The van der Waals surface area contributed by atoms with Crippen molar-refractivity contribution in [3.05, 3.63) is 102 Å². The molecule has 0 unspecified atom stereocenters. The van der Waals surface area contributed by atoms with Crippen molar-refractivity contribution in [2.24, 2.45) is 0 Å². The van der Waals surface area contributed by atoms with Gasteiger partial charge in [-0.2, -0.15) is 0 Å². The monoisotopic (exact) mass is 394 g/mol. The van der Waals surface area contributed by atoms with Crippen LogP contribution in [0, 0.1) is 6.92 Å². The summed E-state index contributed by atoms with van der Waals surface area (Å²) in [6.45, 7) is 1.94. The molecule has 0 aliphatic rings. The minimum absolute atomic E-state index is 0.163. The van der Waals surface area contributed by atoms with Crippen molar-refractivity contribution in [2.45, 2.75) is 23.9 Å². The van der Waals surface area contributed by atoms with Crippen LogP contribution < -0.4 is 4.72 Å². The zero-order valence-electron chi connectivity index (χ0n) is 16.4. The van der Waals surface area contributed by atoms with Crippen LogP contribution in [-0.2, 0) is 10.0 Å². The van der Waals surface area contributed by atoms with Crippen LogP contribution >= 0.6 is 0 Å². The average Bonchev–Trinajstić information content (AvgIpc) is 2.69. The van der Waals surface area contributed by atoms with Crippen LogP contribution in [0.4, 0.5) is 0 Å². The van der Waals surface area contributed by atoms with Crippen LogP contribution in [-0.4, -0.2) is 27.4 Å². The molecule has 3 aromatic rings. The van der Waals surface area contributed by atoms with E-state index in [4.69, 9.17) is 0 Å². The van der Waals surface area contributed by atoms with Gasteiger partial charge < -0.3 is 4.90 Å². The van der Waals surface area contributed by atoms with E-state index in [2.05, 4.69) is 4.72 Å². The molecule has 0 aromatic heterocycles. The first-order valence-corrected chi connectivity index (χ1v) is 10.7. The summed E-state index contributed by atoms with van der Waals surface area (Å²) in [7, 11) is 0.245. The summed E-state index contributed by atoms with van der Waals surface area (Å²) < 4.78 is 29.3. The Kier molecular flexibility index (Phi) is 6.29. The molecule has 0 saturated carbocycles. The summed E-state index contributed by atoms with van der Waals surface area (Å²) >= 11 is 0. The van der Waals surface area contributed by atoms with Gasteiger partial charge in [0.15, 0.2) is 0 Å². The highest BCUT2D eigenvalue weighted by atomic mass is 32.2. The van der Waals surface area contributed by atoms with Gasteiger partial charge in [-0.25, -0.2) is 13.1 Å². The van der Waals surface area contributed by atoms with Gasteiger partial charge in [0.25, 0.3) is 0 Å². The standard InChI is InChI=1S/C23H26N2O2S/c1-18-14-16-21(17-15-18)28(26,27)24-22(19-10-6-4-7-11-19)23(25(2)3)20-12-8-5-9-13-20/h4-17,22-24H,1-3H3/t22-,23-/m0/s1. The Morgan fingerprint density at radius 2 is 1.25 bits per heavy atom. The maximum absolute atomic E-state index is 13.2. The third-order valence-electron chi connectivity index (χ3n) is 4.79. The average molecular weight is 395 g/mol. The first-order valence-electron chi connectivity index (χ1n) is 9.24. The Labute approximate surface area is 167 Å². The van der Waals surface area contributed by atoms with Gasteiger partial charge in [-0.3, -0.25) is 0 Å². The largest absolute Gasteiger partial charge is 0.301 e. The van der Waals surface area contributed by atoms with Crippen LogP contribution in [0.1, 0.15) is 28.8 Å². The zero-order valence-corrected chi connectivity index (χ0v) is 17.2. The summed E-state index contributed by atoms with van der Waals surface area (Å²) in [5.74, 6) is 0. The molecule has 2 atom stereocenters. The van der Waals surface area contributed by atoms with E-state index >= 15 is 0 Å². The van der Waals surface area contributed by atoms with Crippen molar-refractivity contribution >= 4 is 10.0 Å². The highest BCUT2D eigenvalue weighted by molar-refractivity contribution is 7.89. The number of rotatable bonds is 7. The first-order chi connectivity index (χ1) is 13.4. The van der Waals surface area contributed by atoms with Crippen molar-refractivity contribution in [2.75, 3.05) is 14.1 Å². The van der Waals surface area contributed by atoms with Crippen LogP contribution in [0.15, 0.2) is 89.8 Å². The lowest BCUT2D eigenvalue weighted by molar-refractivity contribution is 0.248. The summed E-state index contributed by atoms with van der Waals surface area (Å²) in [5, 5.41) is 0. The number of hydrogen-bond donors (Lipinski definition) is 1. The van der Waals surface area contributed by atoms with Crippen molar-refractivity contribution in [3.63, 3.8) is 0 Å². The second-order valence-electron chi connectivity index (χ2n) is 7.14. The van der Waals surface area contributed by atoms with Crippen LogP contribution in [0.2, 0.25) is 0 Å². The Bertz CT molecular complexity index is 986. The second kappa shape index (κ2) is 8.69. The Balaban J connectivity index is 2.06. The van der Waals surface area contributed by atoms with Gasteiger partial charge >= 0.3 is 0 Å². The van der Waals surface area contributed by atoms with Gasteiger partial charge in [-0.1, -0.05) is 78.4 Å². The molecule has 3 aromatic carbocycles. The molecule has 0 spiro atoms. The molecule has 0 heterocycles. The van der Waals surface area contributed by atoms with Gasteiger partial charge in [0, 0.05) is 0 Å². The predicted molar refractivity (Wildman–Crippen MR) is 114 cm³/mol. The number of hydrogen-bond acceptors (Lipinski definition) is 3. The van der Waals surface area contributed by atoms with Crippen LogP contribution in [0.25, 0.3) is 0 Å². The van der Waals surface area contributed by atoms with Crippen molar-refractivity contribution in [1.29, 1.82) is 0 Å². The van der Waals surface area contributed by atoms with E-state index in [0.29, 0.717) is 0 Å². The number of benzene rings is 3. The fraction of sp³-hybridized carbons (Fsp3) is 0.217. The van der Waals surface area contributed by atoms with E-state index in [0.717, 1.165) is 16.7 Å². The third kappa shape index (κ3) is 4.68. The molecule has 3 rings (SSSR count).